The average Bonchev–Trinajstić information content (AvgIpc) is 3.10. The van der Waals surface area contributed by atoms with Gasteiger partial charge in [0.1, 0.15) is 10.0 Å². The number of primary amides is 1. The molecule has 0 saturated heterocycles. The van der Waals surface area contributed by atoms with Crippen LogP contribution in [0.5, 0.6) is 0 Å². The van der Waals surface area contributed by atoms with Gasteiger partial charge in [0, 0.05) is 11.8 Å². The Morgan fingerprint density at radius 2 is 1.85 bits per heavy atom. The lowest BCUT2D eigenvalue weighted by molar-refractivity contribution is -0.119. The van der Waals surface area contributed by atoms with Gasteiger partial charge >= 0.3 is 5.97 Å². The van der Waals surface area contributed by atoms with E-state index in [1.165, 1.54) is 24.3 Å². The molecular weight excluding hydrogens is 378 g/mol. The van der Waals surface area contributed by atoms with Crippen LogP contribution in [0.2, 0.25) is 0 Å². The van der Waals surface area contributed by atoms with Crippen molar-refractivity contribution in [3.8, 4) is 0 Å². The summed E-state index contributed by atoms with van der Waals surface area (Å²) in [6.07, 6.45) is 0. The summed E-state index contributed by atoms with van der Waals surface area (Å²) in [6, 6.07) is 1.49. The number of anilines is 2. The number of carbonyl (C=O) groups excluding carboxylic acids is 4. The third-order valence-electron chi connectivity index (χ3n) is 3.40. The van der Waals surface area contributed by atoms with Gasteiger partial charge in [-0.25, -0.2) is 4.79 Å². The van der Waals surface area contributed by atoms with Crippen LogP contribution >= 0.6 is 22.7 Å². The molecule has 0 aromatic carbocycles. The zero-order valence-corrected chi connectivity index (χ0v) is 15.9. The van der Waals surface area contributed by atoms with Gasteiger partial charge in [-0.1, -0.05) is 0 Å². The van der Waals surface area contributed by atoms with Crippen LogP contribution in [-0.4, -0.2) is 30.3 Å². The van der Waals surface area contributed by atoms with Crippen LogP contribution in [0.4, 0.5) is 10.0 Å². The molecule has 2 rings (SSSR count). The summed E-state index contributed by atoms with van der Waals surface area (Å²) in [6.45, 7) is 4.35. The third-order valence-corrected chi connectivity index (χ3v) is 5.35. The van der Waals surface area contributed by atoms with Crippen LogP contribution < -0.4 is 16.4 Å². The molecule has 26 heavy (non-hydrogen) atoms. The van der Waals surface area contributed by atoms with Crippen molar-refractivity contribution in [3.05, 3.63) is 33.0 Å². The molecule has 0 aliphatic carbocycles. The number of amides is 3. The van der Waals surface area contributed by atoms with Crippen molar-refractivity contribution in [1.82, 2.24) is 0 Å². The molecular formula is C16H17N3O5S2. The largest absolute Gasteiger partial charge is 0.452 e. The van der Waals surface area contributed by atoms with Gasteiger partial charge in [-0.05, 0) is 30.9 Å². The van der Waals surface area contributed by atoms with Crippen molar-refractivity contribution >= 4 is 56.4 Å². The van der Waals surface area contributed by atoms with E-state index in [1.54, 1.807) is 12.3 Å². The highest BCUT2D eigenvalue weighted by molar-refractivity contribution is 7.16. The summed E-state index contributed by atoms with van der Waals surface area (Å²) in [5, 5.41) is 7.35. The predicted octanol–water partition coefficient (Wildman–Crippen LogP) is 2.28. The van der Waals surface area contributed by atoms with E-state index in [1.807, 2.05) is 6.92 Å². The summed E-state index contributed by atoms with van der Waals surface area (Å²) >= 11 is 2.39. The first-order valence-electron chi connectivity index (χ1n) is 7.42. The Morgan fingerprint density at radius 3 is 2.46 bits per heavy atom. The number of esters is 1. The molecule has 8 nitrogen and oxygen atoms in total. The van der Waals surface area contributed by atoms with Crippen LogP contribution in [0.1, 0.15) is 38.1 Å². The molecule has 0 unspecified atom stereocenters. The SMILES string of the molecule is CC(=O)Nc1sc(C)c(C)c1C(=O)OCC(=O)Nc1sccc1C(N)=O. The van der Waals surface area contributed by atoms with E-state index in [2.05, 4.69) is 10.6 Å². The second-order valence-corrected chi connectivity index (χ2v) is 7.46. The third kappa shape index (κ3) is 4.46. The summed E-state index contributed by atoms with van der Waals surface area (Å²) in [5.74, 6) is -2.29. The molecule has 0 fully saturated rings. The number of rotatable bonds is 6. The maximum absolute atomic E-state index is 12.3. The number of thiophene rings is 2. The number of hydrogen-bond donors (Lipinski definition) is 3. The zero-order chi connectivity index (χ0) is 19.4. The fraction of sp³-hybridized carbons (Fsp3) is 0.250. The van der Waals surface area contributed by atoms with Crippen LogP contribution in [0, 0.1) is 13.8 Å². The molecule has 0 radical (unpaired) electrons. The Morgan fingerprint density at radius 1 is 1.15 bits per heavy atom. The fourth-order valence-electron chi connectivity index (χ4n) is 2.09. The second-order valence-electron chi connectivity index (χ2n) is 5.32. The first-order chi connectivity index (χ1) is 12.2. The number of hydrogen-bond acceptors (Lipinski definition) is 7. The summed E-state index contributed by atoms with van der Waals surface area (Å²) < 4.78 is 5.05. The molecule has 0 spiro atoms. The van der Waals surface area contributed by atoms with Crippen molar-refractivity contribution < 1.29 is 23.9 Å². The van der Waals surface area contributed by atoms with Gasteiger partial charge in [-0.15, -0.1) is 22.7 Å². The molecule has 2 aromatic heterocycles. The quantitative estimate of drug-likeness (QED) is 0.647. The highest BCUT2D eigenvalue weighted by Crippen LogP contribution is 2.33. The van der Waals surface area contributed by atoms with Crippen LogP contribution in [0.3, 0.4) is 0 Å². The van der Waals surface area contributed by atoms with Crippen molar-refractivity contribution in [1.29, 1.82) is 0 Å². The van der Waals surface area contributed by atoms with Crippen molar-refractivity contribution in [2.75, 3.05) is 17.2 Å². The molecule has 2 heterocycles. The molecule has 138 valence electrons. The highest BCUT2D eigenvalue weighted by atomic mass is 32.1. The first-order valence-corrected chi connectivity index (χ1v) is 9.12. The van der Waals surface area contributed by atoms with Crippen molar-refractivity contribution in [3.63, 3.8) is 0 Å². The number of nitrogens with two attached hydrogens (primary N) is 1. The average molecular weight is 395 g/mol. The van der Waals surface area contributed by atoms with Crippen molar-refractivity contribution in [2.24, 2.45) is 5.73 Å². The molecule has 10 heteroatoms. The normalized spacial score (nSPS) is 10.3. The zero-order valence-electron chi connectivity index (χ0n) is 14.3. The molecule has 0 aliphatic heterocycles. The van der Waals surface area contributed by atoms with E-state index in [-0.39, 0.29) is 17.0 Å². The maximum Gasteiger partial charge on any atom is 0.341 e. The van der Waals surface area contributed by atoms with Gasteiger partial charge in [0.05, 0.1) is 11.1 Å². The molecule has 0 atom stereocenters. The van der Waals surface area contributed by atoms with E-state index >= 15 is 0 Å². The Hall–Kier alpha value is -2.72. The molecule has 0 aliphatic rings. The molecule has 0 saturated carbocycles. The van der Waals surface area contributed by atoms with Gasteiger partial charge in [-0.2, -0.15) is 0 Å². The van der Waals surface area contributed by atoms with Crippen LogP contribution in [0.25, 0.3) is 0 Å². The summed E-state index contributed by atoms with van der Waals surface area (Å²) in [4.78, 5) is 47.7. The van der Waals surface area contributed by atoms with Gasteiger partial charge in [0.15, 0.2) is 6.61 Å². The molecule has 2 aromatic rings. The number of nitrogens with one attached hydrogen (secondary N) is 2. The minimum atomic E-state index is -0.716. The summed E-state index contributed by atoms with van der Waals surface area (Å²) in [7, 11) is 0. The van der Waals surface area contributed by atoms with E-state index in [4.69, 9.17) is 10.5 Å². The fourth-order valence-corrected chi connectivity index (χ4v) is 3.99. The maximum atomic E-state index is 12.3. The topological polar surface area (TPSA) is 128 Å². The molecule has 0 bridgehead atoms. The van der Waals surface area contributed by atoms with Crippen LogP contribution in [0.15, 0.2) is 11.4 Å². The van der Waals surface area contributed by atoms with E-state index < -0.39 is 24.4 Å². The predicted molar refractivity (Wildman–Crippen MR) is 99.8 cm³/mol. The van der Waals surface area contributed by atoms with Gasteiger partial charge < -0.3 is 21.1 Å². The van der Waals surface area contributed by atoms with Crippen LogP contribution in [-0.2, 0) is 14.3 Å². The lowest BCUT2D eigenvalue weighted by atomic mass is 10.1. The standard InChI is InChI=1S/C16H17N3O5S2/c1-7-8(2)26-15(18-9(3)20)12(7)16(23)24-6-11(21)19-14-10(13(17)22)4-5-25-14/h4-5H,6H2,1-3H3,(H2,17,22)(H,18,20)(H,19,21). The van der Waals surface area contributed by atoms with Gasteiger partial charge in [0.25, 0.3) is 11.8 Å². The van der Waals surface area contributed by atoms with Crippen molar-refractivity contribution in [2.45, 2.75) is 20.8 Å². The Labute approximate surface area is 157 Å². The van der Waals surface area contributed by atoms with E-state index in [9.17, 15) is 19.2 Å². The van der Waals surface area contributed by atoms with Gasteiger partial charge in [-0.3, -0.25) is 14.4 Å². The minimum Gasteiger partial charge on any atom is -0.452 e. The monoisotopic (exact) mass is 395 g/mol. The minimum absolute atomic E-state index is 0.187. The molecule has 3 amide bonds. The second kappa shape index (κ2) is 8.11. The van der Waals surface area contributed by atoms with E-state index in [0.29, 0.717) is 15.6 Å². The Kier molecular flexibility index (Phi) is 6.11. The first kappa shape index (κ1) is 19.6. The smallest absolute Gasteiger partial charge is 0.341 e. The summed E-state index contributed by atoms with van der Waals surface area (Å²) in [5.41, 5.74) is 6.30. The Balaban J connectivity index is 2.04. The lowest BCUT2D eigenvalue weighted by Gasteiger charge is -2.08. The number of ether oxygens (including phenoxy) is 1. The Bertz CT molecular complexity index is 885. The number of aryl methyl sites for hydroxylation is 1. The lowest BCUT2D eigenvalue weighted by Crippen LogP contribution is -2.22. The molecule has 4 N–H and O–H groups in total. The number of carbonyl (C=O) groups is 4. The van der Waals surface area contributed by atoms with Gasteiger partial charge in [0.2, 0.25) is 5.91 Å². The highest BCUT2D eigenvalue weighted by Gasteiger charge is 2.22. The van der Waals surface area contributed by atoms with E-state index in [0.717, 1.165) is 16.2 Å².